The molecule has 17 heavy (non-hydrogen) atoms. The molecule has 0 saturated carbocycles. The summed E-state index contributed by atoms with van der Waals surface area (Å²) in [4.78, 5) is 15.9. The number of rotatable bonds is 5. The molecule has 1 unspecified atom stereocenters. The molecule has 5 nitrogen and oxygen atoms in total. The molecule has 1 rings (SSSR count). The zero-order valence-electron chi connectivity index (χ0n) is 10.5. The van der Waals surface area contributed by atoms with E-state index in [1.807, 2.05) is 20.8 Å². The van der Waals surface area contributed by atoms with Crippen LogP contribution in [0, 0.1) is 6.92 Å². The van der Waals surface area contributed by atoms with Gasteiger partial charge >= 0.3 is 0 Å². The van der Waals surface area contributed by atoms with Gasteiger partial charge in [0.1, 0.15) is 0 Å². The number of pyridine rings is 1. The van der Waals surface area contributed by atoms with Crippen LogP contribution in [0.5, 0.6) is 0 Å². The quantitative estimate of drug-likeness (QED) is 0.804. The molecule has 0 aliphatic heterocycles. The smallest absolute Gasteiger partial charge is 0.255 e. The van der Waals surface area contributed by atoms with Crippen LogP contribution in [-0.2, 0) is 4.74 Å². The van der Waals surface area contributed by atoms with Crippen molar-refractivity contribution >= 4 is 11.6 Å². The van der Waals surface area contributed by atoms with Gasteiger partial charge in [-0.3, -0.25) is 9.78 Å². The summed E-state index contributed by atoms with van der Waals surface area (Å²) in [5.74, 6) is -0.220. The minimum Gasteiger partial charge on any atom is -0.398 e. The highest BCUT2D eigenvalue weighted by Gasteiger charge is 2.13. The maximum absolute atomic E-state index is 11.9. The molecule has 5 heteroatoms. The number of aryl methyl sites for hydroxylation is 1. The highest BCUT2D eigenvalue weighted by atomic mass is 16.5. The molecular formula is C12H19N3O2. The molecule has 3 N–H and O–H groups in total. The number of nitrogens with one attached hydrogen (secondary N) is 1. The van der Waals surface area contributed by atoms with Crippen molar-refractivity contribution in [2.24, 2.45) is 0 Å². The normalized spacial score (nSPS) is 12.2. The number of carbonyl (C=O) groups excluding carboxylic acids is 1. The fourth-order valence-electron chi connectivity index (χ4n) is 1.41. The third-order valence-electron chi connectivity index (χ3n) is 2.27. The Morgan fingerprint density at radius 1 is 1.65 bits per heavy atom. The van der Waals surface area contributed by atoms with Crippen LogP contribution in [0.1, 0.15) is 29.9 Å². The highest BCUT2D eigenvalue weighted by Crippen LogP contribution is 2.11. The number of ether oxygens (including phenoxy) is 1. The van der Waals surface area contributed by atoms with Gasteiger partial charge in [-0.1, -0.05) is 0 Å². The minimum absolute atomic E-state index is 0.0526. The number of hydrogen-bond donors (Lipinski definition) is 2. The summed E-state index contributed by atoms with van der Waals surface area (Å²) < 4.78 is 5.22. The fraction of sp³-hybridized carbons (Fsp3) is 0.500. The van der Waals surface area contributed by atoms with Crippen molar-refractivity contribution in [1.82, 2.24) is 10.3 Å². The zero-order chi connectivity index (χ0) is 12.8. The number of hydrogen-bond acceptors (Lipinski definition) is 4. The molecule has 0 aliphatic rings. The molecule has 0 saturated heterocycles. The van der Waals surface area contributed by atoms with E-state index in [0.29, 0.717) is 24.5 Å². The van der Waals surface area contributed by atoms with E-state index >= 15 is 0 Å². The maximum atomic E-state index is 11.9. The minimum atomic E-state index is -0.220. The molecule has 1 aromatic rings. The Bertz CT molecular complexity index is 393. The molecule has 0 bridgehead atoms. The van der Waals surface area contributed by atoms with Gasteiger partial charge in [-0.05, 0) is 26.8 Å². The predicted molar refractivity (Wildman–Crippen MR) is 66.8 cm³/mol. The molecule has 0 fully saturated rings. The third-order valence-corrected chi connectivity index (χ3v) is 2.27. The monoisotopic (exact) mass is 237 g/mol. The summed E-state index contributed by atoms with van der Waals surface area (Å²) in [6, 6.07) is 1.63. The van der Waals surface area contributed by atoms with Crippen molar-refractivity contribution in [3.05, 3.63) is 23.5 Å². The summed E-state index contributed by atoms with van der Waals surface area (Å²) in [6.45, 7) is 6.74. The number of nitrogens with two attached hydrogens (primary N) is 1. The van der Waals surface area contributed by atoms with Gasteiger partial charge in [0.25, 0.3) is 5.91 Å². The molecule has 1 aromatic heterocycles. The van der Waals surface area contributed by atoms with Gasteiger partial charge in [0.2, 0.25) is 0 Å². The van der Waals surface area contributed by atoms with Crippen molar-refractivity contribution < 1.29 is 9.53 Å². The first-order valence-corrected chi connectivity index (χ1v) is 5.65. The predicted octanol–water partition coefficient (Wildman–Crippen LogP) is 1.13. The lowest BCUT2D eigenvalue weighted by Gasteiger charge is -2.14. The summed E-state index contributed by atoms with van der Waals surface area (Å²) >= 11 is 0. The maximum Gasteiger partial charge on any atom is 0.255 e. The molecule has 94 valence electrons. The van der Waals surface area contributed by atoms with Gasteiger partial charge in [0, 0.05) is 30.2 Å². The third kappa shape index (κ3) is 4.03. The first kappa shape index (κ1) is 13.4. The molecule has 0 aromatic carbocycles. The molecule has 0 radical (unpaired) electrons. The lowest BCUT2D eigenvalue weighted by molar-refractivity contribution is 0.0872. The van der Waals surface area contributed by atoms with E-state index in [9.17, 15) is 4.79 Å². The summed E-state index contributed by atoms with van der Waals surface area (Å²) in [5, 5.41) is 2.81. The van der Waals surface area contributed by atoms with E-state index < -0.39 is 0 Å². The van der Waals surface area contributed by atoms with Crippen LogP contribution in [0.2, 0.25) is 0 Å². The van der Waals surface area contributed by atoms with Gasteiger partial charge in [-0.25, -0.2) is 0 Å². The van der Waals surface area contributed by atoms with Crippen molar-refractivity contribution in [3.8, 4) is 0 Å². The summed E-state index contributed by atoms with van der Waals surface area (Å²) in [6.07, 6.45) is 1.49. The lowest BCUT2D eigenvalue weighted by atomic mass is 10.2. The molecule has 0 spiro atoms. The van der Waals surface area contributed by atoms with Crippen LogP contribution in [-0.4, -0.2) is 30.1 Å². The van der Waals surface area contributed by atoms with Crippen LogP contribution >= 0.6 is 0 Å². The van der Waals surface area contributed by atoms with Gasteiger partial charge < -0.3 is 15.8 Å². The van der Waals surface area contributed by atoms with Crippen LogP contribution in [0.3, 0.4) is 0 Å². The summed E-state index contributed by atoms with van der Waals surface area (Å²) in [5.41, 5.74) is 7.40. The van der Waals surface area contributed by atoms with Crippen molar-refractivity contribution in [2.75, 3.05) is 18.9 Å². The second-order valence-electron chi connectivity index (χ2n) is 3.95. The van der Waals surface area contributed by atoms with Crippen molar-refractivity contribution in [2.45, 2.75) is 26.8 Å². The van der Waals surface area contributed by atoms with Gasteiger partial charge in [0.15, 0.2) is 0 Å². The number of carbonyl (C=O) groups is 1. The number of nitrogens with zero attached hydrogens (tertiary/aromatic N) is 1. The number of anilines is 1. The highest BCUT2D eigenvalue weighted by molar-refractivity contribution is 5.98. The van der Waals surface area contributed by atoms with Crippen LogP contribution < -0.4 is 11.1 Å². The topological polar surface area (TPSA) is 77.2 Å². The largest absolute Gasteiger partial charge is 0.398 e. The SMILES string of the molecule is CCOCC(C)NC(=O)c1cnc(C)cc1N. The standard InChI is InChI=1S/C12H19N3O2/c1-4-17-7-9(3)15-12(16)10-6-14-8(2)5-11(10)13/h5-6,9H,4,7H2,1-3H3,(H2,13,14)(H,15,16). The molecule has 1 atom stereocenters. The Kier molecular flexibility index (Phi) is 4.90. The molecular weight excluding hydrogens is 218 g/mol. The Morgan fingerprint density at radius 2 is 2.35 bits per heavy atom. The summed E-state index contributed by atoms with van der Waals surface area (Å²) in [7, 11) is 0. The van der Waals surface area contributed by atoms with Crippen LogP contribution in [0.25, 0.3) is 0 Å². The van der Waals surface area contributed by atoms with E-state index in [1.165, 1.54) is 6.20 Å². The van der Waals surface area contributed by atoms with Crippen LogP contribution in [0.4, 0.5) is 5.69 Å². The van der Waals surface area contributed by atoms with E-state index in [1.54, 1.807) is 6.07 Å². The first-order chi connectivity index (χ1) is 8.04. The first-order valence-electron chi connectivity index (χ1n) is 5.65. The van der Waals surface area contributed by atoms with Gasteiger partial charge in [-0.2, -0.15) is 0 Å². The average Bonchev–Trinajstić information content (AvgIpc) is 2.26. The number of amides is 1. The number of nitrogen functional groups attached to an aromatic ring is 1. The lowest BCUT2D eigenvalue weighted by Crippen LogP contribution is -2.36. The van der Waals surface area contributed by atoms with E-state index in [-0.39, 0.29) is 11.9 Å². The molecule has 1 amide bonds. The van der Waals surface area contributed by atoms with E-state index in [0.717, 1.165) is 5.69 Å². The Morgan fingerprint density at radius 3 is 2.94 bits per heavy atom. The Labute approximate surface area is 101 Å². The Hall–Kier alpha value is -1.62. The Balaban J connectivity index is 2.63. The van der Waals surface area contributed by atoms with E-state index in [2.05, 4.69) is 10.3 Å². The number of aromatic nitrogens is 1. The zero-order valence-corrected chi connectivity index (χ0v) is 10.5. The van der Waals surface area contributed by atoms with Gasteiger partial charge in [-0.15, -0.1) is 0 Å². The van der Waals surface area contributed by atoms with E-state index in [4.69, 9.17) is 10.5 Å². The second-order valence-corrected chi connectivity index (χ2v) is 3.95. The van der Waals surface area contributed by atoms with Gasteiger partial charge in [0.05, 0.1) is 12.2 Å². The molecule has 1 heterocycles. The average molecular weight is 237 g/mol. The molecule has 0 aliphatic carbocycles. The van der Waals surface area contributed by atoms with Crippen molar-refractivity contribution in [3.63, 3.8) is 0 Å². The fourth-order valence-corrected chi connectivity index (χ4v) is 1.41. The van der Waals surface area contributed by atoms with Crippen molar-refractivity contribution in [1.29, 1.82) is 0 Å². The van der Waals surface area contributed by atoms with Crippen LogP contribution in [0.15, 0.2) is 12.3 Å². The second kappa shape index (κ2) is 6.20.